The number of aromatic nitrogens is 2. The lowest BCUT2D eigenvalue weighted by molar-refractivity contribution is 0.0922. The largest absolute Gasteiger partial charge is 0.451 e. The summed E-state index contributed by atoms with van der Waals surface area (Å²) in [6, 6.07) is 13.8. The minimum Gasteiger partial charge on any atom is -0.451 e. The minimum absolute atomic E-state index is 0.000838. The second-order valence-electron chi connectivity index (χ2n) is 5.70. The molecule has 1 amide bonds. The third-order valence-electron chi connectivity index (χ3n) is 4.03. The molecular formula is C19H15N3O3S. The Balaban J connectivity index is 1.57. The highest BCUT2D eigenvalue weighted by Gasteiger charge is 2.18. The van der Waals surface area contributed by atoms with E-state index in [0.717, 1.165) is 4.88 Å². The zero-order chi connectivity index (χ0) is 17.9. The third-order valence-corrected chi connectivity index (χ3v) is 5.00. The Labute approximate surface area is 152 Å². The van der Waals surface area contributed by atoms with Crippen LogP contribution in [-0.4, -0.2) is 22.2 Å². The molecule has 6 nitrogen and oxygen atoms in total. The van der Waals surface area contributed by atoms with Crippen LogP contribution in [0.2, 0.25) is 0 Å². The van der Waals surface area contributed by atoms with E-state index in [2.05, 4.69) is 10.4 Å². The molecule has 130 valence electrons. The summed E-state index contributed by atoms with van der Waals surface area (Å²) >= 11 is 1.60. The van der Waals surface area contributed by atoms with Gasteiger partial charge in [-0.25, -0.2) is 0 Å². The second kappa shape index (κ2) is 6.97. The standard InChI is InChI=1S/C19H15N3O3S/c23-15-11-17(25-16-6-2-1-5-13(15)16)19(24)20-12-14(18-7-3-10-26-18)22-9-4-8-21-22/h1-11,14H,12H2,(H,20,24). The molecule has 0 saturated heterocycles. The van der Waals surface area contributed by atoms with E-state index < -0.39 is 5.91 Å². The fraction of sp³-hybridized carbons (Fsp3) is 0.105. The molecule has 4 rings (SSSR count). The number of para-hydroxylation sites is 1. The first-order valence-corrected chi connectivity index (χ1v) is 8.94. The van der Waals surface area contributed by atoms with Gasteiger partial charge in [-0.15, -0.1) is 11.3 Å². The molecule has 0 aliphatic heterocycles. The van der Waals surface area contributed by atoms with Crippen molar-refractivity contribution in [1.82, 2.24) is 15.1 Å². The number of amides is 1. The maximum Gasteiger partial charge on any atom is 0.287 e. The lowest BCUT2D eigenvalue weighted by Gasteiger charge is -2.17. The minimum atomic E-state index is -0.429. The Kier molecular flexibility index (Phi) is 4.37. The van der Waals surface area contributed by atoms with Crippen molar-refractivity contribution in [2.45, 2.75) is 6.04 Å². The second-order valence-corrected chi connectivity index (χ2v) is 6.68. The van der Waals surface area contributed by atoms with Crippen LogP contribution in [0.3, 0.4) is 0 Å². The maximum atomic E-state index is 12.5. The Morgan fingerprint density at radius 1 is 1.23 bits per heavy atom. The normalized spacial score (nSPS) is 12.2. The van der Waals surface area contributed by atoms with Crippen LogP contribution in [0.5, 0.6) is 0 Å². The van der Waals surface area contributed by atoms with Crippen molar-refractivity contribution in [3.8, 4) is 0 Å². The van der Waals surface area contributed by atoms with Gasteiger partial charge in [0.1, 0.15) is 11.6 Å². The van der Waals surface area contributed by atoms with Gasteiger partial charge in [0.05, 0.1) is 5.39 Å². The van der Waals surface area contributed by atoms with E-state index in [4.69, 9.17) is 4.42 Å². The third kappa shape index (κ3) is 3.16. The monoisotopic (exact) mass is 365 g/mol. The molecule has 0 aliphatic carbocycles. The smallest absolute Gasteiger partial charge is 0.287 e. The number of nitrogens with one attached hydrogen (secondary N) is 1. The molecule has 26 heavy (non-hydrogen) atoms. The molecule has 0 aliphatic rings. The lowest BCUT2D eigenvalue weighted by Crippen LogP contribution is -2.31. The van der Waals surface area contributed by atoms with E-state index in [0.29, 0.717) is 17.5 Å². The summed E-state index contributed by atoms with van der Waals surface area (Å²) < 4.78 is 7.38. The predicted molar refractivity (Wildman–Crippen MR) is 99.5 cm³/mol. The van der Waals surface area contributed by atoms with E-state index in [1.807, 2.05) is 29.8 Å². The van der Waals surface area contributed by atoms with Crippen molar-refractivity contribution >= 4 is 28.2 Å². The zero-order valence-corrected chi connectivity index (χ0v) is 14.5. The Hall–Kier alpha value is -3.19. The highest BCUT2D eigenvalue weighted by Crippen LogP contribution is 2.22. The molecular weight excluding hydrogens is 350 g/mol. The lowest BCUT2D eigenvalue weighted by atomic mass is 10.2. The van der Waals surface area contributed by atoms with Crippen molar-refractivity contribution in [2.24, 2.45) is 0 Å². The first-order valence-electron chi connectivity index (χ1n) is 8.06. The highest BCUT2D eigenvalue weighted by atomic mass is 32.1. The average Bonchev–Trinajstić information content (AvgIpc) is 3.36. The van der Waals surface area contributed by atoms with Gasteiger partial charge >= 0.3 is 0 Å². The maximum absolute atomic E-state index is 12.5. The van der Waals surface area contributed by atoms with E-state index in [-0.39, 0.29) is 17.2 Å². The summed E-state index contributed by atoms with van der Waals surface area (Å²) in [5, 5.41) is 9.56. The molecule has 1 aromatic carbocycles. The number of fused-ring (bicyclic) bond motifs is 1. The number of thiophene rings is 1. The molecule has 1 atom stereocenters. The Morgan fingerprint density at radius 3 is 2.88 bits per heavy atom. The van der Waals surface area contributed by atoms with Gasteiger partial charge in [-0.2, -0.15) is 5.10 Å². The van der Waals surface area contributed by atoms with Crippen LogP contribution in [0.25, 0.3) is 11.0 Å². The number of hydrogen-bond acceptors (Lipinski definition) is 5. The SMILES string of the molecule is O=C(NCC(c1cccs1)n1cccn1)c1cc(=O)c2ccccc2o1. The van der Waals surface area contributed by atoms with Crippen molar-refractivity contribution in [3.05, 3.63) is 87.2 Å². The molecule has 1 unspecified atom stereocenters. The van der Waals surface area contributed by atoms with Gasteiger partial charge in [0.15, 0.2) is 11.2 Å². The van der Waals surface area contributed by atoms with Crippen LogP contribution in [0.4, 0.5) is 0 Å². The molecule has 0 bridgehead atoms. The average molecular weight is 365 g/mol. The number of carbonyl (C=O) groups is 1. The predicted octanol–water partition coefficient (Wildman–Crippen LogP) is 3.07. The molecule has 3 aromatic heterocycles. The van der Waals surface area contributed by atoms with Crippen LogP contribution in [0.1, 0.15) is 21.5 Å². The number of carbonyl (C=O) groups excluding carboxylic acids is 1. The summed E-state index contributed by atoms with van der Waals surface area (Å²) in [4.78, 5) is 25.8. The van der Waals surface area contributed by atoms with Crippen LogP contribution in [-0.2, 0) is 0 Å². The van der Waals surface area contributed by atoms with Gasteiger partial charge in [-0.05, 0) is 29.6 Å². The highest BCUT2D eigenvalue weighted by molar-refractivity contribution is 7.10. The zero-order valence-electron chi connectivity index (χ0n) is 13.7. The van der Waals surface area contributed by atoms with E-state index in [9.17, 15) is 9.59 Å². The number of nitrogens with zero attached hydrogens (tertiary/aromatic N) is 2. The van der Waals surface area contributed by atoms with Gasteiger partial charge in [0.2, 0.25) is 0 Å². The number of hydrogen-bond donors (Lipinski definition) is 1. The summed E-state index contributed by atoms with van der Waals surface area (Å²) in [7, 11) is 0. The summed E-state index contributed by atoms with van der Waals surface area (Å²) in [6.45, 7) is 0.331. The fourth-order valence-corrected chi connectivity index (χ4v) is 3.58. The fourth-order valence-electron chi connectivity index (χ4n) is 2.76. The molecule has 0 radical (unpaired) electrons. The van der Waals surface area contributed by atoms with Crippen LogP contribution in [0.15, 0.2) is 75.5 Å². The van der Waals surface area contributed by atoms with Crippen LogP contribution < -0.4 is 10.7 Å². The molecule has 4 aromatic rings. The Bertz CT molecular complexity index is 1050. The van der Waals surface area contributed by atoms with Gasteiger partial charge in [-0.1, -0.05) is 18.2 Å². The van der Waals surface area contributed by atoms with E-state index >= 15 is 0 Å². The van der Waals surface area contributed by atoms with Crippen LogP contribution >= 0.6 is 11.3 Å². The van der Waals surface area contributed by atoms with E-state index in [1.165, 1.54) is 6.07 Å². The van der Waals surface area contributed by atoms with Gasteiger partial charge in [-0.3, -0.25) is 14.3 Å². The van der Waals surface area contributed by atoms with Gasteiger partial charge < -0.3 is 9.73 Å². The summed E-state index contributed by atoms with van der Waals surface area (Å²) in [5.41, 5.74) is 0.158. The van der Waals surface area contributed by atoms with Gasteiger partial charge in [0, 0.05) is 29.9 Å². The van der Waals surface area contributed by atoms with Crippen LogP contribution in [0, 0.1) is 0 Å². The molecule has 1 N–H and O–H groups in total. The molecule has 3 heterocycles. The molecule has 7 heteroatoms. The van der Waals surface area contributed by atoms with Crippen molar-refractivity contribution in [3.63, 3.8) is 0 Å². The topological polar surface area (TPSA) is 77.1 Å². The summed E-state index contributed by atoms with van der Waals surface area (Å²) in [5.74, 6) is -0.430. The quantitative estimate of drug-likeness (QED) is 0.590. The molecule has 0 saturated carbocycles. The van der Waals surface area contributed by atoms with Gasteiger partial charge in [0.25, 0.3) is 5.91 Å². The van der Waals surface area contributed by atoms with Crippen molar-refractivity contribution in [2.75, 3.05) is 6.54 Å². The van der Waals surface area contributed by atoms with Crippen molar-refractivity contribution < 1.29 is 9.21 Å². The molecule has 0 spiro atoms. The first-order chi connectivity index (χ1) is 12.7. The molecule has 0 fully saturated rings. The number of rotatable bonds is 5. The van der Waals surface area contributed by atoms with E-state index in [1.54, 1.807) is 46.5 Å². The first kappa shape index (κ1) is 16.3. The Morgan fingerprint density at radius 2 is 2.12 bits per heavy atom. The summed E-state index contributed by atoms with van der Waals surface area (Å²) in [6.07, 6.45) is 3.55. The van der Waals surface area contributed by atoms with Crippen molar-refractivity contribution in [1.29, 1.82) is 0 Å². The number of benzene rings is 1.